The number of morpholine rings is 1. The van der Waals surface area contributed by atoms with Gasteiger partial charge in [-0.2, -0.15) is 0 Å². The lowest BCUT2D eigenvalue weighted by Crippen LogP contribution is -2.47. The molecule has 0 aliphatic carbocycles. The van der Waals surface area contributed by atoms with Crippen LogP contribution in [-0.4, -0.2) is 68.8 Å². The lowest BCUT2D eigenvalue weighted by Gasteiger charge is -2.32. The zero-order valence-electron chi connectivity index (χ0n) is 11.7. The van der Waals surface area contributed by atoms with Crippen molar-refractivity contribution in [3.63, 3.8) is 0 Å². The summed E-state index contributed by atoms with van der Waals surface area (Å²) < 4.78 is 7.27. The van der Waals surface area contributed by atoms with E-state index in [0.717, 1.165) is 5.16 Å². The van der Waals surface area contributed by atoms with Crippen LogP contribution in [0.1, 0.15) is 19.9 Å². The Bertz CT molecular complexity index is 452. The zero-order chi connectivity index (χ0) is 14.5. The number of hydrogen-bond acceptors (Lipinski definition) is 6. The lowest BCUT2D eigenvalue weighted by molar-refractivity contribution is -0.137. The molecule has 1 amide bonds. The molecule has 0 radical (unpaired) electrons. The summed E-state index contributed by atoms with van der Waals surface area (Å²) >= 11 is 1.39. The maximum atomic E-state index is 12.1. The summed E-state index contributed by atoms with van der Waals surface area (Å²) in [5.41, 5.74) is 0. The number of aliphatic hydroxyl groups excluding tert-OH is 1. The van der Waals surface area contributed by atoms with Crippen LogP contribution in [0.25, 0.3) is 0 Å². The molecule has 1 aliphatic heterocycles. The third-order valence-electron chi connectivity index (χ3n) is 3.12. The highest BCUT2D eigenvalue weighted by Crippen LogP contribution is 2.19. The van der Waals surface area contributed by atoms with Gasteiger partial charge in [-0.3, -0.25) is 4.79 Å². The second-order valence-electron chi connectivity index (χ2n) is 4.92. The van der Waals surface area contributed by atoms with E-state index in [2.05, 4.69) is 10.2 Å². The summed E-state index contributed by atoms with van der Waals surface area (Å²) in [4.78, 5) is 13.9. The van der Waals surface area contributed by atoms with Crippen LogP contribution >= 0.6 is 11.8 Å². The van der Waals surface area contributed by atoms with Crippen LogP contribution in [0.5, 0.6) is 0 Å². The standard InChI is InChI=1S/C12H20N4O3S/c1-9(2)16-8-13-14-12(16)20-7-11(18)15-3-4-19-10(5-15)6-17/h8-10,17H,3-7H2,1-2H3. The summed E-state index contributed by atoms with van der Waals surface area (Å²) in [7, 11) is 0. The number of carbonyl (C=O) groups excluding carboxylic acids is 1. The molecule has 7 nitrogen and oxygen atoms in total. The van der Waals surface area contributed by atoms with Gasteiger partial charge in [0.1, 0.15) is 6.33 Å². The quantitative estimate of drug-likeness (QED) is 0.781. The highest BCUT2D eigenvalue weighted by molar-refractivity contribution is 7.99. The largest absolute Gasteiger partial charge is 0.394 e. The predicted octanol–water partition coefficient (Wildman–Crippen LogP) is 0.171. The molecule has 1 atom stereocenters. The molecular formula is C12H20N4O3S. The zero-order valence-corrected chi connectivity index (χ0v) is 12.5. The minimum Gasteiger partial charge on any atom is -0.394 e. The van der Waals surface area contributed by atoms with E-state index >= 15 is 0 Å². The van der Waals surface area contributed by atoms with E-state index in [1.165, 1.54) is 11.8 Å². The maximum Gasteiger partial charge on any atom is 0.233 e. The SMILES string of the molecule is CC(C)n1cnnc1SCC(=O)N1CCOC(CO)C1. The average Bonchev–Trinajstić information content (AvgIpc) is 2.93. The Morgan fingerprint density at radius 3 is 3.15 bits per heavy atom. The monoisotopic (exact) mass is 300 g/mol. The number of hydrogen-bond donors (Lipinski definition) is 1. The van der Waals surface area contributed by atoms with Gasteiger partial charge in [0.25, 0.3) is 0 Å². The molecule has 2 heterocycles. The molecule has 1 saturated heterocycles. The van der Waals surface area contributed by atoms with E-state index in [-0.39, 0.29) is 24.7 Å². The van der Waals surface area contributed by atoms with Gasteiger partial charge in [-0.05, 0) is 13.8 Å². The van der Waals surface area contributed by atoms with Crippen molar-refractivity contribution < 1.29 is 14.6 Å². The van der Waals surface area contributed by atoms with Crippen LogP contribution in [0.2, 0.25) is 0 Å². The smallest absolute Gasteiger partial charge is 0.233 e. The van der Waals surface area contributed by atoms with Gasteiger partial charge in [0, 0.05) is 19.1 Å². The first-order valence-corrected chi connectivity index (χ1v) is 7.63. The van der Waals surface area contributed by atoms with Crippen molar-refractivity contribution in [2.24, 2.45) is 0 Å². The summed E-state index contributed by atoms with van der Waals surface area (Å²) in [6.07, 6.45) is 1.41. The van der Waals surface area contributed by atoms with Gasteiger partial charge < -0.3 is 19.3 Å². The molecule has 1 unspecified atom stereocenters. The van der Waals surface area contributed by atoms with Gasteiger partial charge >= 0.3 is 0 Å². The van der Waals surface area contributed by atoms with Crippen molar-refractivity contribution in [2.45, 2.75) is 31.1 Å². The second kappa shape index (κ2) is 7.05. The summed E-state index contributed by atoms with van der Waals surface area (Å²) in [6, 6.07) is 0.268. The number of thioether (sulfide) groups is 1. The Labute approximate surface area is 122 Å². The van der Waals surface area contributed by atoms with Crippen molar-refractivity contribution in [1.82, 2.24) is 19.7 Å². The molecule has 0 bridgehead atoms. The number of aliphatic hydroxyl groups is 1. The fraction of sp³-hybridized carbons (Fsp3) is 0.750. The van der Waals surface area contributed by atoms with Gasteiger partial charge in [0.05, 0.1) is 25.1 Å². The Hall–Kier alpha value is -1.12. The third kappa shape index (κ3) is 3.71. The van der Waals surface area contributed by atoms with E-state index in [9.17, 15) is 4.79 Å². The molecular weight excluding hydrogens is 280 g/mol. The Kier molecular flexibility index (Phi) is 5.38. The molecule has 1 N–H and O–H groups in total. The highest BCUT2D eigenvalue weighted by atomic mass is 32.2. The van der Waals surface area contributed by atoms with Gasteiger partial charge in [-0.25, -0.2) is 0 Å². The van der Waals surface area contributed by atoms with E-state index in [4.69, 9.17) is 9.84 Å². The van der Waals surface area contributed by atoms with Crippen molar-refractivity contribution in [2.75, 3.05) is 32.1 Å². The summed E-state index contributed by atoms with van der Waals surface area (Å²) in [5, 5.41) is 17.7. The van der Waals surface area contributed by atoms with Gasteiger partial charge in [0.2, 0.25) is 5.91 Å². The topological polar surface area (TPSA) is 80.5 Å². The van der Waals surface area contributed by atoms with Crippen LogP contribution in [0.3, 0.4) is 0 Å². The molecule has 112 valence electrons. The minimum absolute atomic E-state index is 0.0371. The summed E-state index contributed by atoms with van der Waals surface area (Å²) in [6.45, 7) is 5.54. The molecule has 8 heteroatoms. The first-order chi connectivity index (χ1) is 9.61. The fourth-order valence-corrected chi connectivity index (χ4v) is 2.91. The number of carbonyl (C=O) groups is 1. The molecule has 1 aliphatic rings. The maximum absolute atomic E-state index is 12.1. The van der Waals surface area contributed by atoms with Crippen molar-refractivity contribution in [3.05, 3.63) is 6.33 Å². The van der Waals surface area contributed by atoms with Crippen molar-refractivity contribution >= 4 is 17.7 Å². The molecule has 1 aromatic heterocycles. The molecule has 1 aromatic rings. The molecule has 1 fully saturated rings. The highest BCUT2D eigenvalue weighted by Gasteiger charge is 2.24. The van der Waals surface area contributed by atoms with Gasteiger partial charge in [0.15, 0.2) is 5.16 Å². The molecule has 0 aromatic carbocycles. The third-order valence-corrected chi connectivity index (χ3v) is 4.06. The second-order valence-corrected chi connectivity index (χ2v) is 5.86. The molecule has 2 rings (SSSR count). The number of rotatable bonds is 5. The lowest BCUT2D eigenvalue weighted by atomic mass is 10.3. The first kappa shape index (κ1) is 15.3. The normalized spacial score (nSPS) is 19.6. The molecule has 0 saturated carbocycles. The van der Waals surface area contributed by atoms with E-state index in [0.29, 0.717) is 25.4 Å². The summed E-state index contributed by atoms with van der Waals surface area (Å²) in [5.74, 6) is 0.360. The number of ether oxygens (including phenoxy) is 1. The predicted molar refractivity (Wildman–Crippen MR) is 74.5 cm³/mol. The van der Waals surface area contributed by atoms with Crippen LogP contribution in [0, 0.1) is 0 Å². The minimum atomic E-state index is -0.267. The first-order valence-electron chi connectivity index (χ1n) is 6.64. The molecule has 0 spiro atoms. The average molecular weight is 300 g/mol. The Morgan fingerprint density at radius 2 is 2.45 bits per heavy atom. The fourth-order valence-electron chi connectivity index (χ4n) is 1.96. The van der Waals surface area contributed by atoms with Crippen LogP contribution in [0.4, 0.5) is 0 Å². The van der Waals surface area contributed by atoms with Crippen molar-refractivity contribution in [3.8, 4) is 0 Å². The van der Waals surface area contributed by atoms with Gasteiger partial charge in [-0.15, -0.1) is 10.2 Å². The number of amides is 1. The van der Waals surface area contributed by atoms with Crippen LogP contribution in [-0.2, 0) is 9.53 Å². The van der Waals surface area contributed by atoms with Crippen LogP contribution < -0.4 is 0 Å². The number of aromatic nitrogens is 3. The van der Waals surface area contributed by atoms with Crippen molar-refractivity contribution in [1.29, 1.82) is 0 Å². The van der Waals surface area contributed by atoms with Gasteiger partial charge in [-0.1, -0.05) is 11.8 Å². The van der Waals surface area contributed by atoms with E-state index in [1.807, 2.05) is 18.4 Å². The Morgan fingerprint density at radius 1 is 1.65 bits per heavy atom. The number of nitrogens with zero attached hydrogens (tertiary/aromatic N) is 4. The Balaban J connectivity index is 1.87. The van der Waals surface area contributed by atoms with Crippen LogP contribution in [0.15, 0.2) is 11.5 Å². The molecule has 20 heavy (non-hydrogen) atoms. The van der Waals surface area contributed by atoms with E-state index in [1.54, 1.807) is 11.2 Å². The van der Waals surface area contributed by atoms with E-state index < -0.39 is 0 Å².